The molecule has 1 aromatic rings. The fourth-order valence-electron chi connectivity index (χ4n) is 2.84. The second-order valence-corrected chi connectivity index (χ2v) is 6.02. The highest BCUT2D eigenvalue weighted by Crippen LogP contribution is 2.39. The van der Waals surface area contributed by atoms with Gasteiger partial charge in [0.1, 0.15) is 5.92 Å². The van der Waals surface area contributed by atoms with Crippen molar-refractivity contribution in [3.63, 3.8) is 0 Å². The van der Waals surface area contributed by atoms with E-state index < -0.39 is 16.8 Å². The molecule has 0 saturated carbocycles. The lowest BCUT2D eigenvalue weighted by Crippen LogP contribution is -2.33. The average Bonchev–Trinajstić information content (AvgIpc) is 2.45. The van der Waals surface area contributed by atoms with E-state index in [0.717, 1.165) is 5.56 Å². The van der Waals surface area contributed by atoms with Crippen LogP contribution in [-0.4, -0.2) is 22.0 Å². The van der Waals surface area contributed by atoms with Crippen molar-refractivity contribution in [1.29, 1.82) is 0 Å². The molecule has 0 bridgehead atoms. The van der Waals surface area contributed by atoms with E-state index in [2.05, 4.69) is 10.3 Å². The highest BCUT2D eigenvalue weighted by molar-refractivity contribution is 5.92. The lowest BCUT2D eigenvalue weighted by molar-refractivity contribution is -0.431. The van der Waals surface area contributed by atoms with Crippen LogP contribution < -0.4 is 5.32 Å². The molecule has 0 fully saturated rings. The maximum atomic E-state index is 12.6. The van der Waals surface area contributed by atoms with Crippen LogP contribution in [-0.2, 0) is 9.53 Å². The summed E-state index contributed by atoms with van der Waals surface area (Å²) >= 11 is 0. The molecular weight excluding hydrogens is 310 g/mol. The van der Waals surface area contributed by atoms with Gasteiger partial charge in [-0.1, -0.05) is 6.07 Å². The monoisotopic (exact) mass is 331 g/mol. The minimum atomic E-state index is -0.867. The molecule has 0 aliphatic carbocycles. The number of rotatable bonds is 4. The van der Waals surface area contributed by atoms with Gasteiger partial charge < -0.3 is 10.1 Å². The largest absolute Gasteiger partial charge is 0.460 e. The maximum absolute atomic E-state index is 12.6. The molecule has 0 radical (unpaired) electrons. The Morgan fingerprint density at radius 1 is 1.33 bits per heavy atom. The zero-order chi connectivity index (χ0) is 18.0. The summed E-state index contributed by atoms with van der Waals surface area (Å²) in [5.74, 6) is -1.44. The summed E-state index contributed by atoms with van der Waals surface area (Å²) in [6.45, 7) is 8.62. The van der Waals surface area contributed by atoms with Crippen LogP contribution in [0.25, 0.3) is 0 Å². The van der Waals surface area contributed by atoms with E-state index in [1.807, 2.05) is 13.0 Å². The molecule has 2 rings (SSSR count). The first-order chi connectivity index (χ1) is 11.2. The van der Waals surface area contributed by atoms with Gasteiger partial charge in [0, 0.05) is 11.9 Å². The molecule has 24 heavy (non-hydrogen) atoms. The van der Waals surface area contributed by atoms with E-state index in [0.29, 0.717) is 17.1 Å². The normalized spacial score (nSPS) is 17.8. The Hall–Kier alpha value is -2.70. The topological polar surface area (TPSA) is 94.4 Å². The Morgan fingerprint density at radius 2 is 2.00 bits per heavy atom. The molecule has 1 aromatic heterocycles. The summed E-state index contributed by atoms with van der Waals surface area (Å²) in [6.07, 6.45) is 1.24. The van der Waals surface area contributed by atoms with Crippen LogP contribution in [0.15, 0.2) is 41.0 Å². The number of carbonyl (C=O) groups excluding carboxylic acids is 1. The zero-order valence-corrected chi connectivity index (χ0v) is 14.4. The Morgan fingerprint density at radius 3 is 2.54 bits per heavy atom. The van der Waals surface area contributed by atoms with Gasteiger partial charge in [-0.05, 0) is 46.2 Å². The van der Waals surface area contributed by atoms with E-state index in [1.165, 1.54) is 0 Å². The fraction of sp³-hybridized carbons (Fsp3) is 0.412. The SMILES string of the molecule is CC1=C(C(=O)OC(C)C)C(c2ncccc2C)C([N+](=O)[O-])=C(C)N1. The van der Waals surface area contributed by atoms with Crippen molar-refractivity contribution in [2.45, 2.75) is 46.6 Å². The summed E-state index contributed by atoms with van der Waals surface area (Å²) in [5, 5.41) is 14.6. The number of aryl methyl sites for hydroxylation is 1. The van der Waals surface area contributed by atoms with Gasteiger partial charge in [0.25, 0.3) is 5.70 Å². The van der Waals surface area contributed by atoms with E-state index in [4.69, 9.17) is 4.74 Å². The predicted octanol–water partition coefficient (Wildman–Crippen LogP) is 2.81. The van der Waals surface area contributed by atoms with Crippen LogP contribution in [0.1, 0.15) is 44.9 Å². The first-order valence-corrected chi connectivity index (χ1v) is 7.69. The zero-order valence-electron chi connectivity index (χ0n) is 14.4. The van der Waals surface area contributed by atoms with Gasteiger partial charge in [0.15, 0.2) is 0 Å². The summed E-state index contributed by atoms with van der Waals surface area (Å²) in [5.41, 5.74) is 2.34. The standard InChI is InChI=1S/C17H21N3O4/c1-9(2)24-17(21)13-11(4)19-12(5)16(20(22)23)14(13)15-10(3)7-6-8-18-15/h6-9,14,19H,1-5H3. The van der Waals surface area contributed by atoms with Crippen LogP contribution in [0.4, 0.5) is 0 Å². The molecule has 128 valence electrons. The third-order valence-electron chi connectivity index (χ3n) is 3.81. The lowest BCUT2D eigenvalue weighted by atomic mass is 9.85. The molecule has 7 heteroatoms. The molecule has 2 heterocycles. The smallest absolute Gasteiger partial charge is 0.337 e. The molecule has 1 unspecified atom stereocenters. The van der Waals surface area contributed by atoms with Crippen LogP contribution >= 0.6 is 0 Å². The number of aromatic nitrogens is 1. The minimum Gasteiger partial charge on any atom is -0.460 e. The van der Waals surface area contributed by atoms with E-state index in [9.17, 15) is 14.9 Å². The average molecular weight is 331 g/mol. The molecule has 0 spiro atoms. The fourth-order valence-corrected chi connectivity index (χ4v) is 2.84. The molecule has 0 aromatic carbocycles. The third kappa shape index (κ3) is 3.29. The molecule has 1 aliphatic heterocycles. The van der Waals surface area contributed by atoms with Gasteiger partial charge in [0.05, 0.1) is 28.0 Å². The number of carbonyl (C=O) groups is 1. The van der Waals surface area contributed by atoms with Crippen LogP contribution in [0.3, 0.4) is 0 Å². The van der Waals surface area contributed by atoms with Gasteiger partial charge in [-0.2, -0.15) is 0 Å². The summed E-state index contributed by atoms with van der Waals surface area (Å²) in [7, 11) is 0. The van der Waals surface area contributed by atoms with Crippen molar-refractivity contribution in [3.05, 3.63) is 62.4 Å². The van der Waals surface area contributed by atoms with Gasteiger partial charge in [0.2, 0.25) is 0 Å². The molecule has 1 aliphatic rings. The first-order valence-electron chi connectivity index (χ1n) is 7.69. The number of nitrogens with one attached hydrogen (secondary N) is 1. The number of allylic oxidation sites excluding steroid dienone is 3. The number of hydrogen-bond acceptors (Lipinski definition) is 6. The minimum absolute atomic E-state index is 0.0851. The van der Waals surface area contributed by atoms with Crippen molar-refractivity contribution >= 4 is 5.97 Å². The first kappa shape index (κ1) is 17.7. The van der Waals surface area contributed by atoms with E-state index >= 15 is 0 Å². The van der Waals surface area contributed by atoms with Crippen molar-refractivity contribution in [3.8, 4) is 0 Å². The highest BCUT2D eigenvalue weighted by atomic mass is 16.6. The van der Waals surface area contributed by atoms with Crippen LogP contribution in [0, 0.1) is 17.0 Å². The third-order valence-corrected chi connectivity index (χ3v) is 3.81. The Bertz CT molecular complexity index is 750. The molecule has 7 nitrogen and oxygen atoms in total. The number of nitrogens with zero attached hydrogens (tertiary/aromatic N) is 2. The molecule has 0 amide bonds. The molecule has 0 saturated heterocycles. The van der Waals surface area contributed by atoms with E-state index in [1.54, 1.807) is 40.0 Å². The quantitative estimate of drug-likeness (QED) is 0.518. The number of esters is 1. The van der Waals surface area contributed by atoms with Crippen molar-refractivity contribution in [2.24, 2.45) is 0 Å². The maximum Gasteiger partial charge on any atom is 0.337 e. The van der Waals surface area contributed by atoms with E-state index in [-0.39, 0.29) is 17.4 Å². The Labute approximate surface area is 140 Å². The summed E-state index contributed by atoms with van der Waals surface area (Å²) < 4.78 is 5.31. The molecule has 1 N–H and O–H groups in total. The van der Waals surface area contributed by atoms with Crippen molar-refractivity contribution in [1.82, 2.24) is 10.3 Å². The Kier molecular flexibility index (Phi) is 5.02. The van der Waals surface area contributed by atoms with Gasteiger partial charge in [-0.25, -0.2) is 4.79 Å². The summed E-state index contributed by atoms with van der Waals surface area (Å²) in [4.78, 5) is 28.1. The second kappa shape index (κ2) is 6.82. The van der Waals surface area contributed by atoms with Crippen LogP contribution in [0.5, 0.6) is 0 Å². The van der Waals surface area contributed by atoms with Crippen molar-refractivity contribution in [2.75, 3.05) is 0 Å². The number of dihydropyridines is 1. The van der Waals surface area contributed by atoms with Gasteiger partial charge >= 0.3 is 5.97 Å². The van der Waals surface area contributed by atoms with Crippen LogP contribution in [0.2, 0.25) is 0 Å². The molecular formula is C17H21N3O4. The molecule has 1 atom stereocenters. The highest BCUT2D eigenvalue weighted by Gasteiger charge is 2.42. The second-order valence-electron chi connectivity index (χ2n) is 6.02. The van der Waals surface area contributed by atoms with Gasteiger partial charge in [-0.15, -0.1) is 0 Å². The van der Waals surface area contributed by atoms with Gasteiger partial charge in [-0.3, -0.25) is 15.1 Å². The number of ether oxygens (including phenoxy) is 1. The Balaban J connectivity index is 2.67. The predicted molar refractivity (Wildman–Crippen MR) is 88.5 cm³/mol. The lowest BCUT2D eigenvalue weighted by Gasteiger charge is -2.27. The number of hydrogen-bond donors (Lipinski definition) is 1. The summed E-state index contributed by atoms with van der Waals surface area (Å²) in [6, 6.07) is 3.57. The number of pyridine rings is 1. The van der Waals surface area contributed by atoms with Crippen molar-refractivity contribution < 1.29 is 14.5 Å². The number of nitro groups is 1.